The van der Waals surface area contributed by atoms with Crippen molar-refractivity contribution in [3.63, 3.8) is 0 Å². The van der Waals surface area contributed by atoms with E-state index >= 15 is 0 Å². The molecule has 168 valence electrons. The van der Waals surface area contributed by atoms with Crippen molar-refractivity contribution in [3.05, 3.63) is 88.9 Å². The Morgan fingerprint density at radius 3 is 2.55 bits per heavy atom. The van der Waals surface area contributed by atoms with E-state index in [1.54, 1.807) is 13.2 Å². The number of aryl methyl sites for hydroxylation is 1. The molecule has 0 aliphatic carbocycles. The van der Waals surface area contributed by atoms with Gasteiger partial charge in [0.15, 0.2) is 5.82 Å². The zero-order valence-corrected chi connectivity index (χ0v) is 19.6. The molecule has 1 heterocycles. The van der Waals surface area contributed by atoms with Crippen LogP contribution in [0.3, 0.4) is 0 Å². The van der Waals surface area contributed by atoms with Crippen LogP contribution >= 0.6 is 23.4 Å². The second-order valence-electron chi connectivity index (χ2n) is 7.24. The SMILES string of the molecule is COc1ccccc1-c1nnc(SC(C(=O)Nc2ccc(C)c(Cl)c2)c2ccccc2)n1N. The number of carbonyl (C=O) groups is 1. The fourth-order valence-electron chi connectivity index (χ4n) is 3.26. The van der Waals surface area contributed by atoms with E-state index in [0.717, 1.165) is 11.1 Å². The minimum absolute atomic E-state index is 0.229. The van der Waals surface area contributed by atoms with Gasteiger partial charge in [-0.2, -0.15) is 0 Å². The van der Waals surface area contributed by atoms with Crippen LogP contribution in [0.25, 0.3) is 11.4 Å². The van der Waals surface area contributed by atoms with Crippen LogP contribution in [-0.4, -0.2) is 27.9 Å². The summed E-state index contributed by atoms with van der Waals surface area (Å²) in [6.45, 7) is 1.91. The van der Waals surface area contributed by atoms with Crippen molar-refractivity contribution >= 4 is 35.0 Å². The number of nitrogens with zero attached hydrogens (tertiary/aromatic N) is 3. The Balaban J connectivity index is 1.65. The van der Waals surface area contributed by atoms with Crippen molar-refractivity contribution in [2.24, 2.45) is 0 Å². The van der Waals surface area contributed by atoms with Crippen molar-refractivity contribution in [1.29, 1.82) is 0 Å². The smallest absolute Gasteiger partial charge is 0.242 e. The Bertz CT molecular complexity index is 1280. The predicted octanol–water partition coefficient (Wildman–Crippen LogP) is 5.10. The lowest BCUT2D eigenvalue weighted by molar-refractivity contribution is -0.115. The summed E-state index contributed by atoms with van der Waals surface area (Å²) in [6.07, 6.45) is 0. The number of benzene rings is 3. The van der Waals surface area contributed by atoms with E-state index in [1.807, 2.05) is 73.7 Å². The van der Waals surface area contributed by atoms with Crippen LogP contribution in [0.5, 0.6) is 5.75 Å². The topological polar surface area (TPSA) is 95.1 Å². The molecule has 0 saturated carbocycles. The Hall–Kier alpha value is -3.49. The van der Waals surface area contributed by atoms with Crippen LogP contribution in [0.1, 0.15) is 16.4 Å². The summed E-state index contributed by atoms with van der Waals surface area (Å²) in [4.78, 5) is 13.3. The zero-order valence-electron chi connectivity index (χ0n) is 18.0. The summed E-state index contributed by atoms with van der Waals surface area (Å²) in [5, 5.41) is 11.8. The maximum atomic E-state index is 13.3. The molecule has 0 saturated heterocycles. The number of nitrogens with one attached hydrogen (secondary N) is 1. The molecule has 1 aromatic heterocycles. The van der Waals surface area contributed by atoms with E-state index in [9.17, 15) is 4.79 Å². The molecule has 3 aromatic carbocycles. The summed E-state index contributed by atoms with van der Waals surface area (Å²) < 4.78 is 6.79. The number of rotatable bonds is 7. The Labute approximate surface area is 200 Å². The minimum Gasteiger partial charge on any atom is -0.496 e. The van der Waals surface area contributed by atoms with E-state index in [-0.39, 0.29) is 5.91 Å². The molecule has 1 amide bonds. The molecule has 0 radical (unpaired) electrons. The van der Waals surface area contributed by atoms with Gasteiger partial charge in [0.2, 0.25) is 11.1 Å². The maximum absolute atomic E-state index is 13.3. The van der Waals surface area contributed by atoms with Gasteiger partial charge in [-0.25, -0.2) is 4.68 Å². The highest BCUT2D eigenvalue weighted by Gasteiger charge is 2.26. The van der Waals surface area contributed by atoms with Crippen LogP contribution in [0.2, 0.25) is 5.02 Å². The lowest BCUT2D eigenvalue weighted by Crippen LogP contribution is -2.20. The molecule has 7 nitrogen and oxygen atoms in total. The summed E-state index contributed by atoms with van der Waals surface area (Å²) in [6, 6.07) is 22.2. The van der Waals surface area contributed by atoms with E-state index in [0.29, 0.717) is 33.0 Å². The first kappa shape index (κ1) is 22.7. The monoisotopic (exact) mass is 479 g/mol. The van der Waals surface area contributed by atoms with Crippen LogP contribution < -0.4 is 15.9 Å². The first-order valence-electron chi connectivity index (χ1n) is 10.1. The molecule has 4 rings (SSSR count). The van der Waals surface area contributed by atoms with Crippen LogP contribution in [0.15, 0.2) is 78.0 Å². The molecular weight excluding hydrogens is 458 g/mol. The fourth-order valence-corrected chi connectivity index (χ4v) is 4.39. The van der Waals surface area contributed by atoms with E-state index in [2.05, 4.69) is 15.5 Å². The van der Waals surface area contributed by atoms with Gasteiger partial charge >= 0.3 is 0 Å². The predicted molar refractivity (Wildman–Crippen MR) is 132 cm³/mol. The number of carbonyl (C=O) groups excluding carboxylic acids is 1. The van der Waals surface area contributed by atoms with Gasteiger partial charge in [0.05, 0.1) is 12.7 Å². The highest BCUT2D eigenvalue weighted by molar-refractivity contribution is 8.00. The molecule has 33 heavy (non-hydrogen) atoms. The molecule has 9 heteroatoms. The number of amides is 1. The van der Waals surface area contributed by atoms with Gasteiger partial charge in [0, 0.05) is 10.7 Å². The normalized spacial score (nSPS) is 11.7. The third-order valence-electron chi connectivity index (χ3n) is 5.02. The average molecular weight is 480 g/mol. The first-order valence-corrected chi connectivity index (χ1v) is 11.4. The van der Waals surface area contributed by atoms with Gasteiger partial charge in [-0.15, -0.1) is 10.2 Å². The second-order valence-corrected chi connectivity index (χ2v) is 8.72. The third-order valence-corrected chi connectivity index (χ3v) is 6.63. The van der Waals surface area contributed by atoms with Gasteiger partial charge < -0.3 is 15.9 Å². The highest BCUT2D eigenvalue weighted by atomic mass is 35.5. The van der Waals surface area contributed by atoms with Crippen molar-refractivity contribution in [3.8, 4) is 17.1 Å². The third kappa shape index (κ3) is 4.97. The number of halogens is 1. The summed E-state index contributed by atoms with van der Waals surface area (Å²) >= 11 is 7.44. The number of methoxy groups -OCH3 is 1. The zero-order chi connectivity index (χ0) is 23.4. The molecule has 0 fully saturated rings. The maximum Gasteiger partial charge on any atom is 0.242 e. The van der Waals surface area contributed by atoms with Crippen molar-refractivity contribution in [2.45, 2.75) is 17.3 Å². The van der Waals surface area contributed by atoms with Crippen molar-refractivity contribution in [2.75, 3.05) is 18.3 Å². The second kappa shape index (κ2) is 9.97. The van der Waals surface area contributed by atoms with Gasteiger partial charge in [-0.3, -0.25) is 4.79 Å². The van der Waals surface area contributed by atoms with Crippen molar-refractivity contribution < 1.29 is 9.53 Å². The van der Waals surface area contributed by atoms with Crippen LogP contribution in [0, 0.1) is 6.92 Å². The molecular formula is C24H22ClN5O2S. The molecule has 0 spiro atoms. The highest BCUT2D eigenvalue weighted by Crippen LogP contribution is 2.37. The lowest BCUT2D eigenvalue weighted by Gasteiger charge is -2.17. The van der Waals surface area contributed by atoms with E-state index in [4.69, 9.17) is 22.2 Å². The van der Waals surface area contributed by atoms with Gasteiger partial charge in [0.1, 0.15) is 11.0 Å². The van der Waals surface area contributed by atoms with Gasteiger partial charge in [-0.1, -0.05) is 71.9 Å². The number of nitrogen functional groups attached to an aromatic ring is 1. The number of hydrogen-bond donors (Lipinski definition) is 2. The van der Waals surface area contributed by atoms with E-state index < -0.39 is 5.25 Å². The number of thioether (sulfide) groups is 1. The number of aromatic nitrogens is 3. The van der Waals surface area contributed by atoms with E-state index in [1.165, 1.54) is 16.4 Å². The molecule has 0 aliphatic rings. The Kier molecular flexibility index (Phi) is 6.86. The fraction of sp³-hybridized carbons (Fsp3) is 0.125. The number of nitrogens with two attached hydrogens (primary N) is 1. The molecule has 0 aliphatic heterocycles. The summed E-state index contributed by atoms with van der Waals surface area (Å²) in [5.41, 5.74) is 3.06. The minimum atomic E-state index is -0.622. The molecule has 1 atom stereocenters. The number of hydrogen-bond acceptors (Lipinski definition) is 6. The van der Waals surface area contributed by atoms with Gasteiger partial charge in [0.25, 0.3) is 0 Å². The quantitative estimate of drug-likeness (QED) is 0.283. The van der Waals surface area contributed by atoms with Crippen LogP contribution in [-0.2, 0) is 4.79 Å². The van der Waals surface area contributed by atoms with Gasteiger partial charge in [-0.05, 0) is 42.3 Å². The standard InChI is InChI=1S/C24H22ClN5O2S/c1-15-12-13-17(14-19(15)25)27-23(31)21(16-8-4-3-5-9-16)33-24-29-28-22(30(24)26)18-10-6-7-11-20(18)32-2/h3-14,21H,26H2,1-2H3,(H,27,31). The number of anilines is 1. The summed E-state index contributed by atoms with van der Waals surface area (Å²) in [5.74, 6) is 7.18. The Morgan fingerprint density at radius 1 is 1.09 bits per heavy atom. The van der Waals surface area contributed by atoms with Crippen molar-refractivity contribution in [1.82, 2.24) is 14.9 Å². The molecule has 1 unspecified atom stereocenters. The van der Waals surface area contributed by atoms with Crippen LogP contribution in [0.4, 0.5) is 5.69 Å². The average Bonchev–Trinajstić information content (AvgIpc) is 3.20. The molecule has 3 N–H and O–H groups in total. The number of ether oxygens (including phenoxy) is 1. The molecule has 0 bridgehead atoms. The number of para-hydroxylation sites is 1. The lowest BCUT2D eigenvalue weighted by atomic mass is 10.1. The Morgan fingerprint density at radius 2 is 1.82 bits per heavy atom. The molecule has 4 aromatic rings. The summed E-state index contributed by atoms with van der Waals surface area (Å²) in [7, 11) is 1.58. The first-order chi connectivity index (χ1) is 16.0. The largest absolute Gasteiger partial charge is 0.496 e.